The van der Waals surface area contributed by atoms with Crippen LogP contribution in [-0.4, -0.2) is 11.5 Å². The lowest BCUT2D eigenvalue weighted by Crippen LogP contribution is -2.07. The molecule has 0 aliphatic rings. The molecule has 1 unspecified atom stereocenters. The molecule has 0 saturated carbocycles. The first kappa shape index (κ1) is 12.4. The molecular weight excluding hydrogens is 222 g/mol. The van der Waals surface area contributed by atoms with Crippen LogP contribution in [0, 0.1) is 0 Å². The van der Waals surface area contributed by atoms with Crippen molar-refractivity contribution in [2.45, 2.75) is 19.9 Å². The zero-order valence-electron chi connectivity index (χ0n) is 10.9. The van der Waals surface area contributed by atoms with E-state index in [2.05, 4.69) is 53.7 Å². The van der Waals surface area contributed by atoms with Gasteiger partial charge >= 0.3 is 0 Å². The number of aromatic nitrogens is 1. The van der Waals surface area contributed by atoms with E-state index in [9.17, 15) is 0 Å². The van der Waals surface area contributed by atoms with Crippen LogP contribution >= 0.6 is 0 Å². The summed E-state index contributed by atoms with van der Waals surface area (Å²) in [6, 6.07) is 14.6. The highest BCUT2D eigenvalue weighted by Crippen LogP contribution is 2.18. The summed E-state index contributed by atoms with van der Waals surface area (Å²) >= 11 is 0. The van der Waals surface area contributed by atoms with Gasteiger partial charge < -0.3 is 10.6 Å². The van der Waals surface area contributed by atoms with Crippen molar-refractivity contribution in [2.24, 2.45) is 0 Å². The fraction of sp³-hybridized carbons (Fsp3) is 0.267. The molecular formula is C15H19N3. The molecule has 2 rings (SSSR count). The number of rotatable bonds is 5. The average molecular weight is 241 g/mol. The van der Waals surface area contributed by atoms with Gasteiger partial charge in [-0.05, 0) is 31.5 Å². The topological polar surface area (TPSA) is 37.0 Å². The van der Waals surface area contributed by atoms with Crippen molar-refractivity contribution in [3.05, 3.63) is 54.2 Å². The van der Waals surface area contributed by atoms with Gasteiger partial charge in [0.1, 0.15) is 5.82 Å². The Hall–Kier alpha value is -2.03. The van der Waals surface area contributed by atoms with Gasteiger partial charge in [-0.15, -0.1) is 0 Å². The summed E-state index contributed by atoms with van der Waals surface area (Å²) in [6.07, 6.45) is 1.85. The predicted octanol–water partition coefficient (Wildman–Crippen LogP) is 3.69. The van der Waals surface area contributed by atoms with Crippen LogP contribution in [0.1, 0.15) is 25.5 Å². The van der Waals surface area contributed by atoms with E-state index < -0.39 is 0 Å². The normalized spacial score (nSPS) is 11.9. The fourth-order valence-electron chi connectivity index (χ4n) is 1.83. The highest BCUT2D eigenvalue weighted by molar-refractivity contribution is 5.48. The van der Waals surface area contributed by atoms with Gasteiger partial charge in [-0.2, -0.15) is 0 Å². The van der Waals surface area contributed by atoms with Crippen LogP contribution in [-0.2, 0) is 0 Å². The van der Waals surface area contributed by atoms with Gasteiger partial charge in [-0.1, -0.05) is 30.3 Å². The Morgan fingerprint density at radius 3 is 2.50 bits per heavy atom. The molecule has 2 N–H and O–H groups in total. The first-order valence-corrected chi connectivity index (χ1v) is 6.31. The Labute approximate surface area is 108 Å². The molecule has 1 atom stereocenters. The second-order valence-corrected chi connectivity index (χ2v) is 4.24. The molecule has 2 aromatic rings. The van der Waals surface area contributed by atoms with Gasteiger partial charge in [0, 0.05) is 12.6 Å². The first-order chi connectivity index (χ1) is 8.79. The molecule has 0 fully saturated rings. The van der Waals surface area contributed by atoms with Gasteiger partial charge in [-0.25, -0.2) is 4.98 Å². The van der Waals surface area contributed by atoms with Crippen molar-refractivity contribution in [1.29, 1.82) is 0 Å². The van der Waals surface area contributed by atoms with Crippen LogP contribution in [0.15, 0.2) is 48.7 Å². The summed E-state index contributed by atoms with van der Waals surface area (Å²) in [5.41, 5.74) is 2.31. The molecule has 0 aliphatic carbocycles. The third-order valence-electron chi connectivity index (χ3n) is 2.81. The molecule has 94 valence electrons. The highest BCUT2D eigenvalue weighted by Gasteiger charge is 2.04. The lowest BCUT2D eigenvalue weighted by molar-refractivity contribution is 0.875. The van der Waals surface area contributed by atoms with E-state index in [-0.39, 0.29) is 6.04 Å². The van der Waals surface area contributed by atoms with Crippen LogP contribution in [0.3, 0.4) is 0 Å². The quantitative estimate of drug-likeness (QED) is 0.838. The molecule has 0 bridgehead atoms. The lowest BCUT2D eigenvalue weighted by Gasteiger charge is -2.15. The summed E-state index contributed by atoms with van der Waals surface area (Å²) < 4.78 is 0. The average Bonchev–Trinajstić information content (AvgIpc) is 2.42. The number of hydrogen-bond donors (Lipinski definition) is 2. The van der Waals surface area contributed by atoms with Crippen LogP contribution in [0.25, 0.3) is 0 Å². The maximum absolute atomic E-state index is 4.39. The van der Waals surface area contributed by atoms with E-state index in [1.807, 2.05) is 24.4 Å². The van der Waals surface area contributed by atoms with Crippen LogP contribution in [0.5, 0.6) is 0 Å². The third kappa shape index (κ3) is 3.23. The monoisotopic (exact) mass is 241 g/mol. The van der Waals surface area contributed by atoms with E-state index in [4.69, 9.17) is 0 Å². The van der Waals surface area contributed by atoms with Crippen molar-refractivity contribution in [3.8, 4) is 0 Å². The Morgan fingerprint density at radius 1 is 1.11 bits per heavy atom. The Kier molecular flexibility index (Phi) is 4.18. The molecule has 18 heavy (non-hydrogen) atoms. The van der Waals surface area contributed by atoms with Gasteiger partial charge in [-0.3, -0.25) is 0 Å². The van der Waals surface area contributed by atoms with Gasteiger partial charge in [0.2, 0.25) is 0 Å². The first-order valence-electron chi connectivity index (χ1n) is 6.31. The van der Waals surface area contributed by atoms with E-state index in [1.54, 1.807) is 0 Å². The minimum atomic E-state index is 0.253. The molecule has 1 heterocycles. The summed E-state index contributed by atoms with van der Waals surface area (Å²) in [5.74, 6) is 0.896. The van der Waals surface area contributed by atoms with Crippen molar-refractivity contribution in [2.75, 3.05) is 17.2 Å². The van der Waals surface area contributed by atoms with Crippen molar-refractivity contribution in [1.82, 2.24) is 4.98 Å². The van der Waals surface area contributed by atoms with Crippen LogP contribution < -0.4 is 10.6 Å². The number of benzene rings is 1. The second-order valence-electron chi connectivity index (χ2n) is 4.24. The zero-order valence-corrected chi connectivity index (χ0v) is 10.9. The molecule has 0 radical (unpaired) electrons. The van der Waals surface area contributed by atoms with Gasteiger partial charge in [0.05, 0.1) is 11.9 Å². The number of pyridine rings is 1. The van der Waals surface area contributed by atoms with E-state index >= 15 is 0 Å². The summed E-state index contributed by atoms with van der Waals surface area (Å²) in [5, 5.41) is 6.62. The standard InChI is InChI=1S/C15H19N3/c1-3-16-14-9-10-15(17-11-14)18-12(2)13-7-5-4-6-8-13/h4-12,16H,3H2,1-2H3,(H,17,18). The summed E-state index contributed by atoms with van der Waals surface area (Å²) in [4.78, 5) is 4.39. The summed E-state index contributed by atoms with van der Waals surface area (Å²) in [7, 11) is 0. The molecule has 3 heteroatoms. The Morgan fingerprint density at radius 2 is 1.89 bits per heavy atom. The maximum atomic E-state index is 4.39. The molecule has 0 amide bonds. The van der Waals surface area contributed by atoms with Gasteiger partial charge in [0.15, 0.2) is 0 Å². The maximum Gasteiger partial charge on any atom is 0.126 e. The van der Waals surface area contributed by atoms with Crippen LogP contribution in [0.4, 0.5) is 11.5 Å². The lowest BCUT2D eigenvalue weighted by atomic mass is 10.1. The zero-order chi connectivity index (χ0) is 12.8. The third-order valence-corrected chi connectivity index (χ3v) is 2.81. The smallest absolute Gasteiger partial charge is 0.126 e. The SMILES string of the molecule is CCNc1ccc(NC(C)c2ccccc2)nc1. The van der Waals surface area contributed by atoms with Crippen LogP contribution in [0.2, 0.25) is 0 Å². The Bertz CT molecular complexity index is 465. The van der Waals surface area contributed by atoms with E-state index in [0.29, 0.717) is 0 Å². The molecule has 1 aromatic heterocycles. The predicted molar refractivity (Wildman–Crippen MR) is 76.9 cm³/mol. The number of nitrogens with zero attached hydrogens (tertiary/aromatic N) is 1. The van der Waals surface area contributed by atoms with E-state index in [0.717, 1.165) is 18.1 Å². The number of anilines is 2. The van der Waals surface area contributed by atoms with Crippen molar-refractivity contribution < 1.29 is 0 Å². The minimum absolute atomic E-state index is 0.253. The minimum Gasteiger partial charge on any atom is -0.384 e. The molecule has 0 spiro atoms. The summed E-state index contributed by atoms with van der Waals surface area (Å²) in [6.45, 7) is 5.12. The molecule has 1 aromatic carbocycles. The number of nitrogens with one attached hydrogen (secondary N) is 2. The molecule has 0 aliphatic heterocycles. The Balaban J connectivity index is 2.01. The van der Waals surface area contributed by atoms with E-state index in [1.165, 1.54) is 5.56 Å². The molecule has 0 saturated heterocycles. The van der Waals surface area contributed by atoms with Gasteiger partial charge in [0.25, 0.3) is 0 Å². The largest absolute Gasteiger partial charge is 0.384 e. The highest BCUT2D eigenvalue weighted by atomic mass is 15.0. The molecule has 3 nitrogen and oxygen atoms in total. The van der Waals surface area contributed by atoms with Crippen molar-refractivity contribution in [3.63, 3.8) is 0 Å². The van der Waals surface area contributed by atoms with Crippen molar-refractivity contribution >= 4 is 11.5 Å². The second kappa shape index (κ2) is 6.05. The number of hydrogen-bond acceptors (Lipinski definition) is 3. The fourth-order valence-corrected chi connectivity index (χ4v) is 1.83.